The van der Waals surface area contributed by atoms with Gasteiger partial charge in [-0.05, 0) is 39.5 Å². The van der Waals surface area contributed by atoms with Gasteiger partial charge in [0.25, 0.3) is 0 Å². The van der Waals surface area contributed by atoms with Crippen LogP contribution in [0.25, 0.3) is 5.52 Å². The third-order valence-electron chi connectivity index (χ3n) is 2.72. The lowest BCUT2D eigenvalue weighted by Crippen LogP contribution is -2.10. The summed E-state index contributed by atoms with van der Waals surface area (Å²) in [6.45, 7) is 0. The molecule has 0 saturated heterocycles. The second-order valence-corrected chi connectivity index (χ2v) is 5.54. The fourth-order valence-corrected chi connectivity index (χ4v) is 3.50. The molecule has 0 aliphatic carbocycles. The van der Waals surface area contributed by atoms with Crippen molar-refractivity contribution in [2.24, 2.45) is 5.73 Å². The van der Waals surface area contributed by atoms with Crippen molar-refractivity contribution in [2.75, 3.05) is 0 Å². The smallest absolute Gasteiger partial charge is 0.0713 e. The zero-order chi connectivity index (χ0) is 11.8. The van der Waals surface area contributed by atoms with Gasteiger partial charge in [-0.1, -0.05) is 6.07 Å². The molecule has 1 unspecified atom stereocenters. The molecule has 0 bridgehead atoms. The first kappa shape index (κ1) is 11.0. The molecule has 0 amide bonds. The number of nitrogens with zero attached hydrogens (tertiary/aromatic N) is 2. The van der Waals surface area contributed by atoms with E-state index in [1.807, 2.05) is 46.6 Å². The summed E-state index contributed by atoms with van der Waals surface area (Å²) >= 11 is 5.18. The van der Waals surface area contributed by atoms with E-state index in [0.717, 1.165) is 20.4 Å². The minimum atomic E-state index is -0.135. The molecular formula is C12H10BrN3S. The number of hydrogen-bond donors (Lipinski definition) is 1. The van der Waals surface area contributed by atoms with Crippen LogP contribution in [0, 0.1) is 0 Å². The summed E-state index contributed by atoms with van der Waals surface area (Å²) in [5, 5.41) is 6.34. The molecule has 0 radical (unpaired) electrons. The third kappa shape index (κ3) is 1.80. The zero-order valence-corrected chi connectivity index (χ0v) is 11.3. The largest absolute Gasteiger partial charge is 0.319 e. The Hall–Kier alpha value is -1.17. The highest BCUT2D eigenvalue weighted by atomic mass is 79.9. The summed E-state index contributed by atoms with van der Waals surface area (Å²) < 4.78 is 2.90. The minimum absolute atomic E-state index is 0.135. The summed E-state index contributed by atoms with van der Waals surface area (Å²) in [6.07, 6.45) is 3.77. The maximum atomic E-state index is 6.30. The fourth-order valence-electron chi connectivity index (χ4n) is 1.86. The van der Waals surface area contributed by atoms with Crippen molar-refractivity contribution in [2.45, 2.75) is 6.04 Å². The van der Waals surface area contributed by atoms with Crippen LogP contribution < -0.4 is 5.73 Å². The molecule has 1 atom stereocenters. The Bertz CT molecular complexity index is 658. The van der Waals surface area contributed by atoms with Crippen LogP contribution in [0.3, 0.4) is 0 Å². The van der Waals surface area contributed by atoms with Crippen LogP contribution in [0.5, 0.6) is 0 Å². The van der Waals surface area contributed by atoms with Crippen LogP contribution in [0.1, 0.15) is 16.5 Å². The SMILES string of the molecule is NC(c1sccc1Br)c1cnn2ccccc12. The first-order valence-electron chi connectivity index (χ1n) is 5.18. The molecule has 86 valence electrons. The van der Waals surface area contributed by atoms with Crippen LogP contribution in [0.15, 0.2) is 46.5 Å². The summed E-state index contributed by atoms with van der Waals surface area (Å²) in [5.41, 5.74) is 8.40. The Morgan fingerprint density at radius 3 is 3.00 bits per heavy atom. The highest BCUT2D eigenvalue weighted by molar-refractivity contribution is 9.10. The van der Waals surface area contributed by atoms with Crippen LogP contribution >= 0.6 is 27.3 Å². The van der Waals surface area contributed by atoms with Crippen LogP contribution in [0.4, 0.5) is 0 Å². The Kier molecular flexibility index (Phi) is 2.74. The van der Waals surface area contributed by atoms with Crippen molar-refractivity contribution in [3.8, 4) is 0 Å². The number of pyridine rings is 1. The molecule has 2 N–H and O–H groups in total. The van der Waals surface area contributed by atoms with E-state index >= 15 is 0 Å². The lowest BCUT2D eigenvalue weighted by molar-refractivity contribution is 0.898. The molecule has 0 aromatic carbocycles. The first-order valence-corrected chi connectivity index (χ1v) is 6.85. The van der Waals surface area contributed by atoms with E-state index < -0.39 is 0 Å². The summed E-state index contributed by atoms with van der Waals surface area (Å²) in [6, 6.07) is 7.87. The number of rotatable bonds is 2. The predicted molar refractivity (Wildman–Crippen MR) is 73.2 cm³/mol. The fraction of sp³-hybridized carbons (Fsp3) is 0.0833. The Balaban J connectivity index is 2.13. The highest BCUT2D eigenvalue weighted by Gasteiger charge is 2.17. The lowest BCUT2D eigenvalue weighted by Gasteiger charge is -2.08. The quantitative estimate of drug-likeness (QED) is 0.790. The van der Waals surface area contributed by atoms with Crippen molar-refractivity contribution in [1.82, 2.24) is 9.61 Å². The molecule has 0 aliphatic rings. The average molecular weight is 308 g/mol. The first-order chi connectivity index (χ1) is 8.27. The average Bonchev–Trinajstić information content (AvgIpc) is 2.94. The van der Waals surface area contributed by atoms with Gasteiger partial charge in [0.1, 0.15) is 0 Å². The normalized spacial score (nSPS) is 13.1. The molecule has 0 spiro atoms. The van der Waals surface area contributed by atoms with Gasteiger partial charge in [0, 0.05) is 21.1 Å². The van der Waals surface area contributed by atoms with Gasteiger partial charge < -0.3 is 5.73 Å². The maximum absolute atomic E-state index is 6.30. The van der Waals surface area contributed by atoms with E-state index in [1.54, 1.807) is 11.3 Å². The van der Waals surface area contributed by atoms with Gasteiger partial charge in [0.2, 0.25) is 0 Å². The molecule has 0 saturated carbocycles. The second kappa shape index (κ2) is 4.25. The molecule has 3 aromatic heterocycles. The van der Waals surface area contributed by atoms with E-state index in [0.29, 0.717) is 0 Å². The Morgan fingerprint density at radius 1 is 1.35 bits per heavy atom. The molecule has 3 aromatic rings. The van der Waals surface area contributed by atoms with Gasteiger partial charge in [-0.2, -0.15) is 5.10 Å². The number of hydrogen-bond acceptors (Lipinski definition) is 3. The van der Waals surface area contributed by atoms with Crippen molar-refractivity contribution < 1.29 is 0 Å². The molecule has 3 heterocycles. The summed E-state index contributed by atoms with van der Waals surface area (Å²) in [4.78, 5) is 1.13. The molecule has 17 heavy (non-hydrogen) atoms. The van der Waals surface area contributed by atoms with Crippen LogP contribution in [-0.2, 0) is 0 Å². The van der Waals surface area contributed by atoms with Crippen molar-refractivity contribution in [3.05, 3.63) is 57.0 Å². The monoisotopic (exact) mass is 307 g/mol. The maximum Gasteiger partial charge on any atom is 0.0713 e. The van der Waals surface area contributed by atoms with E-state index in [-0.39, 0.29) is 6.04 Å². The number of thiophene rings is 1. The van der Waals surface area contributed by atoms with E-state index in [1.165, 1.54) is 0 Å². The van der Waals surface area contributed by atoms with Crippen molar-refractivity contribution in [1.29, 1.82) is 0 Å². The lowest BCUT2D eigenvalue weighted by atomic mass is 10.1. The molecule has 0 aliphatic heterocycles. The minimum Gasteiger partial charge on any atom is -0.319 e. The Morgan fingerprint density at radius 2 is 2.24 bits per heavy atom. The topological polar surface area (TPSA) is 43.3 Å². The van der Waals surface area contributed by atoms with Gasteiger partial charge in [-0.3, -0.25) is 0 Å². The van der Waals surface area contributed by atoms with E-state index in [2.05, 4.69) is 21.0 Å². The predicted octanol–water partition coefficient (Wildman–Crippen LogP) is 3.21. The van der Waals surface area contributed by atoms with Crippen LogP contribution in [-0.4, -0.2) is 9.61 Å². The van der Waals surface area contributed by atoms with Gasteiger partial charge in [0.05, 0.1) is 17.8 Å². The molecule has 5 heteroatoms. The third-order valence-corrected chi connectivity index (χ3v) is 4.67. The van der Waals surface area contributed by atoms with Crippen molar-refractivity contribution in [3.63, 3.8) is 0 Å². The molecule has 3 rings (SSSR count). The number of halogens is 1. The van der Waals surface area contributed by atoms with Crippen LogP contribution in [0.2, 0.25) is 0 Å². The van der Waals surface area contributed by atoms with E-state index in [4.69, 9.17) is 5.73 Å². The van der Waals surface area contributed by atoms with Gasteiger partial charge in [-0.15, -0.1) is 11.3 Å². The summed E-state index contributed by atoms with van der Waals surface area (Å²) in [7, 11) is 0. The van der Waals surface area contributed by atoms with Gasteiger partial charge in [-0.25, -0.2) is 4.52 Å². The molecular weight excluding hydrogens is 298 g/mol. The summed E-state index contributed by atoms with van der Waals surface area (Å²) in [5.74, 6) is 0. The van der Waals surface area contributed by atoms with Gasteiger partial charge >= 0.3 is 0 Å². The molecule has 3 nitrogen and oxygen atoms in total. The second-order valence-electron chi connectivity index (χ2n) is 3.74. The zero-order valence-electron chi connectivity index (χ0n) is 8.88. The Labute approximate surface area is 111 Å². The van der Waals surface area contributed by atoms with E-state index in [9.17, 15) is 0 Å². The number of fused-ring (bicyclic) bond motifs is 1. The number of aromatic nitrogens is 2. The number of nitrogens with two attached hydrogens (primary N) is 1. The molecule has 0 fully saturated rings. The van der Waals surface area contributed by atoms with Crippen molar-refractivity contribution >= 4 is 32.8 Å². The highest BCUT2D eigenvalue weighted by Crippen LogP contribution is 2.32. The van der Waals surface area contributed by atoms with Gasteiger partial charge in [0.15, 0.2) is 0 Å². The standard InChI is InChI=1S/C12H10BrN3S/c13-9-4-6-17-12(9)11(14)8-7-15-16-5-2-1-3-10(8)16/h1-7,11H,14H2.